The molecular formula is C26H42N4O. The highest BCUT2D eigenvalue weighted by molar-refractivity contribution is 5.85. The maximum absolute atomic E-state index is 12.6. The lowest BCUT2D eigenvalue weighted by atomic mass is 9.82. The predicted molar refractivity (Wildman–Crippen MR) is 131 cm³/mol. The third-order valence-corrected chi connectivity index (χ3v) is 7.47. The number of rotatable bonds is 11. The van der Waals surface area contributed by atoms with Gasteiger partial charge in [-0.1, -0.05) is 44.9 Å². The summed E-state index contributed by atoms with van der Waals surface area (Å²) in [7, 11) is 4.48. The van der Waals surface area contributed by atoms with Gasteiger partial charge in [0.25, 0.3) is 0 Å². The molecule has 1 fully saturated rings. The summed E-state index contributed by atoms with van der Waals surface area (Å²) in [4.78, 5) is 21.0. The van der Waals surface area contributed by atoms with Gasteiger partial charge in [-0.25, -0.2) is 0 Å². The Balaban J connectivity index is 1.44. The number of nitrogens with one attached hydrogen (secondary N) is 2. The number of benzene rings is 1. The van der Waals surface area contributed by atoms with E-state index < -0.39 is 0 Å². The summed E-state index contributed by atoms with van der Waals surface area (Å²) < 4.78 is 0. The van der Waals surface area contributed by atoms with E-state index >= 15 is 0 Å². The van der Waals surface area contributed by atoms with Crippen molar-refractivity contribution in [3.63, 3.8) is 0 Å². The molecule has 0 radical (unpaired) electrons. The number of nitrogens with zero attached hydrogens (tertiary/aromatic N) is 2. The molecule has 5 heteroatoms. The Hall–Kier alpha value is -1.85. The van der Waals surface area contributed by atoms with Crippen LogP contribution in [0, 0.1) is 0 Å². The van der Waals surface area contributed by atoms with Gasteiger partial charge in [-0.15, -0.1) is 0 Å². The van der Waals surface area contributed by atoms with E-state index in [1.807, 2.05) is 6.07 Å². The lowest BCUT2D eigenvalue weighted by Crippen LogP contribution is -2.53. The first kappa shape index (κ1) is 23.8. The SMILES string of the molecule is CCCCC1(N(C)C)CCN(CCNC(=O)CC(CC)c2c[nH]c3ccccc23)CC1. The smallest absolute Gasteiger partial charge is 0.220 e. The van der Waals surface area contributed by atoms with Crippen molar-refractivity contribution < 1.29 is 4.79 Å². The number of hydrogen-bond acceptors (Lipinski definition) is 3. The topological polar surface area (TPSA) is 51.4 Å². The minimum atomic E-state index is 0.166. The number of likely N-dealkylation sites (tertiary alicyclic amines) is 1. The first-order chi connectivity index (χ1) is 15.0. The highest BCUT2D eigenvalue weighted by Gasteiger charge is 2.35. The van der Waals surface area contributed by atoms with Gasteiger partial charge in [-0.05, 0) is 70.4 Å². The van der Waals surface area contributed by atoms with Gasteiger partial charge in [-0.3, -0.25) is 4.79 Å². The largest absolute Gasteiger partial charge is 0.361 e. The Bertz CT molecular complexity index is 820. The number of H-pyrrole nitrogens is 1. The van der Waals surface area contributed by atoms with Crippen molar-refractivity contribution in [2.75, 3.05) is 40.3 Å². The highest BCUT2D eigenvalue weighted by atomic mass is 16.1. The molecule has 3 rings (SSSR count). The normalized spacial score (nSPS) is 17.8. The molecule has 1 amide bonds. The van der Waals surface area contributed by atoms with Crippen LogP contribution in [0.1, 0.15) is 70.3 Å². The first-order valence-electron chi connectivity index (χ1n) is 12.2. The molecule has 1 aliphatic rings. The van der Waals surface area contributed by atoms with Gasteiger partial charge >= 0.3 is 0 Å². The standard InChI is InChI=1S/C26H42N4O/c1-5-7-12-26(29(3)4)13-16-30(17-14-26)18-15-27-25(31)19-21(6-2)23-20-28-24-11-9-8-10-22(23)24/h8-11,20-21,28H,5-7,12-19H2,1-4H3,(H,27,31). The van der Waals surface area contributed by atoms with Gasteiger partial charge in [0.15, 0.2) is 0 Å². The van der Waals surface area contributed by atoms with Crippen molar-refractivity contribution in [2.24, 2.45) is 0 Å². The van der Waals surface area contributed by atoms with Gasteiger partial charge in [0.1, 0.15) is 0 Å². The molecular weight excluding hydrogens is 384 g/mol. The fourth-order valence-corrected chi connectivity index (χ4v) is 5.17. The number of hydrogen-bond donors (Lipinski definition) is 2. The van der Waals surface area contributed by atoms with Crippen LogP contribution < -0.4 is 5.32 Å². The summed E-state index contributed by atoms with van der Waals surface area (Å²) in [5, 5.41) is 4.42. The average molecular weight is 427 g/mol. The van der Waals surface area contributed by atoms with Crippen LogP contribution in [0.4, 0.5) is 0 Å². The number of aromatic nitrogens is 1. The second kappa shape index (κ2) is 11.1. The van der Waals surface area contributed by atoms with Crippen LogP contribution in [-0.2, 0) is 4.79 Å². The second-order valence-electron chi connectivity index (χ2n) is 9.51. The summed E-state index contributed by atoms with van der Waals surface area (Å²) in [5.41, 5.74) is 2.77. The van der Waals surface area contributed by atoms with Gasteiger partial charge in [0, 0.05) is 42.1 Å². The first-order valence-corrected chi connectivity index (χ1v) is 12.2. The number of aromatic amines is 1. The molecule has 0 bridgehead atoms. The van der Waals surface area contributed by atoms with Crippen molar-refractivity contribution in [1.29, 1.82) is 0 Å². The number of carbonyl (C=O) groups excluding carboxylic acids is 1. The lowest BCUT2D eigenvalue weighted by Gasteiger charge is -2.46. The molecule has 1 unspecified atom stereocenters. The van der Waals surface area contributed by atoms with E-state index in [2.05, 4.69) is 72.4 Å². The highest BCUT2D eigenvalue weighted by Crippen LogP contribution is 2.32. The number of unbranched alkanes of at least 4 members (excludes halogenated alkanes) is 1. The van der Waals surface area contributed by atoms with Gasteiger partial charge < -0.3 is 20.1 Å². The molecule has 0 saturated carbocycles. The zero-order valence-electron chi connectivity index (χ0n) is 20.0. The van der Waals surface area contributed by atoms with Crippen molar-refractivity contribution >= 4 is 16.8 Å². The van der Waals surface area contributed by atoms with E-state index in [1.165, 1.54) is 43.1 Å². The van der Waals surface area contributed by atoms with Crippen LogP contribution in [-0.4, -0.2) is 66.5 Å². The fourth-order valence-electron chi connectivity index (χ4n) is 5.17. The predicted octanol–water partition coefficient (Wildman–Crippen LogP) is 4.75. The van der Waals surface area contributed by atoms with Gasteiger partial charge in [0.05, 0.1) is 0 Å². The molecule has 2 N–H and O–H groups in total. The Kier molecular flexibility index (Phi) is 8.56. The summed E-state index contributed by atoms with van der Waals surface area (Å²) in [6, 6.07) is 8.35. The third kappa shape index (κ3) is 5.89. The number of piperidine rings is 1. The van der Waals surface area contributed by atoms with E-state index in [0.717, 1.165) is 38.1 Å². The van der Waals surface area contributed by atoms with Crippen molar-refractivity contribution in [2.45, 2.75) is 70.3 Å². The third-order valence-electron chi connectivity index (χ3n) is 7.47. The molecule has 5 nitrogen and oxygen atoms in total. The van der Waals surface area contributed by atoms with Crippen molar-refractivity contribution in [1.82, 2.24) is 20.1 Å². The summed E-state index contributed by atoms with van der Waals surface area (Å²) in [6.45, 7) is 8.40. The Labute approximate surface area is 188 Å². The molecule has 0 spiro atoms. The van der Waals surface area contributed by atoms with Crippen LogP contribution >= 0.6 is 0 Å². The van der Waals surface area contributed by atoms with E-state index in [1.54, 1.807) is 0 Å². The van der Waals surface area contributed by atoms with E-state index in [-0.39, 0.29) is 11.8 Å². The maximum Gasteiger partial charge on any atom is 0.220 e. The minimum Gasteiger partial charge on any atom is -0.361 e. The monoisotopic (exact) mass is 426 g/mol. The Morgan fingerprint density at radius 3 is 2.65 bits per heavy atom. The van der Waals surface area contributed by atoms with Gasteiger partial charge in [0.2, 0.25) is 5.91 Å². The summed E-state index contributed by atoms with van der Waals surface area (Å²) >= 11 is 0. The zero-order valence-corrected chi connectivity index (χ0v) is 20.0. The van der Waals surface area contributed by atoms with E-state index in [4.69, 9.17) is 0 Å². The molecule has 172 valence electrons. The molecule has 1 aliphatic heterocycles. The number of carbonyl (C=O) groups is 1. The van der Waals surface area contributed by atoms with Crippen molar-refractivity contribution in [3.8, 4) is 0 Å². The fraction of sp³-hybridized carbons (Fsp3) is 0.654. The quantitative estimate of drug-likeness (QED) is 0.545. The van der Waals surface area contributed by atoms with Crippen LogP contribution in [0.2, 0.25) is 0 Å². The van der Waals surface area contributed by atoms with Crippen LogP contribution in [0.3, 0.4) is 0 Å². The number of fused-ring (bicyclic) bond motifs is 1. The average Bonchev–Trinajstić information content (AvgIpc) is 3.21. The Morgan fingerprint density at radius 1 is 1.23 bits per heavy atom. The Morgan fingerprint density at radius 2 is 1.97 bits per heavy atom. The zero-order chi connectivity index (χ0) is 22.3. The summed E-state index contributed by atoms with van der Waals surface area (Å²) in [5.74, 6) is 0.421. The van der Waals surface area contributed by atoms with Crippen LogP contribution in [0.15, 0.2) is 30.5 Å². The molecule has 1 aromatic heterocycles. The lowest BCUT2D eigenvalue weighted by molar-refractivity contribution is -0.121. The minimum absolute atomic E-state index is 0.166. The maximum atomic E-state index is 12.6. The van der Waals surface area contributed by atoms with Crippen LogP contribution in [0.25, 0.3) is 10.9 Å². The van der Waals surface area contributed by atoms with E-state index in [9.17, 15) is 4.79 Å². The van der Waals surface area contributed by atoms with Crippen LogP contribution in [0.5, 0.6) is 0 Å². The molecule has 1 aromatic carbocycles. The van der Waals surface area contributed by atoms with Gasteiger partial charge in [-0.2, -0.15) is 0 Å². The molecule has 2 aromatic rings. The molecule has 0 aliphatic carbocycles. The molecule has 2 heterocycles. The number of amides is 1. The second-order valence-corrected chi connectivity index (χ2v) is 9.51. The summed E-state index contributed by atoms with van der Waals surface area (Å²) in [6.07, 6.45) is 9.93. The van der Waals surface area contributed by atoms with Crippen molar-refractivity contribution in [3.05, 3.63) is 36.0 Å². The molecule has 1 saturated heterocycles. The van der Waals surface area contributed by atoms with E-state index in [0.29, 0.717) is 12.0 Å². The molecule has 31 heavy (non-hydrogen) atoms. The number of para-hydroxylation sites is 1. The molecule has 1 atom stereocenters.